The van der Waals surface area contributed by atoms with Crippen LogP contribution in [-0.2, 0) is 6.54 Å². The molecule has 0 unspecified atom stereocenters. The van der Waals surface area contributed by atoms with Gasteiger partial charge in [0, 0.05) is 25.5 Å². The second-order valence-electron chi connectivity index (χ2n) is 6.95. The molecule has 0 aliphatic carbocycles. The molecule has 0 spiro atoms. The maximum Gasteiger partial charge on any atom is 0.290 e. The van der Waals surface area contributed by atoms with Crippen LogP contribution in [0.25, 0.3) is 5.52 Å². The lowest BCUT2D eigenvalue weighted by Crippen LogP contribution is -2.33. The molecule has 7 heteroatoms. The fraction of sp³-hybridized carbons (Fsp3) is 0.333. The first kappa shape index (κ1) is 18.2. The van der Waals surface area contributed by atoms with Crippen LogP contribution in [-0.4, -0.2) is 44.2 Å². The van der Waals surface area contributed by atoms with E-state index in [4.69, 9.17) is 0 Å². The molecule has 4 rings (SSSR count). The number of fused-ring (bicyclic) bond motifs is 1. The Kier molecular flexibility index (Phi) is 5.32. The van der Waals surface area contributed by atoms with E-state index in [2.05, 4.69) is 15.3 Å². The Balaban J connectivity index is 1.60. The third-order valence-electron chi connectivity index (χ3n) is 5.00. The van der Waals surface area contributed by atoms with Crippen LogP contribution in [0.1, 0.15) is 52.5 Å². The van der Waals surface area contributed by atoms with E-state index < -0.39 is 0 Å². The summed E-state index contributed by atoms with van der Waals surface area (Å²) >= 11 is 0. The van der Waals surface area contributed by atoms with Crippen molar-refractivity contribution < 1.29 is 9.59 Å². The van der Waals surface area contributed by atoms with E-state index in [0.29, 0.717) is 17.9 Å². The van der Waals surface area contributed by atoms with Crippen molar-refractivity contribution in [2.45, 2.75) is 32.2 Å². The molecule has 1 saturated heterocycles. The lowest BCUT2D eigenvalue weighted by molar-refractivity contribution is 0.0748. The number of carbonyl (C=O) groups is 2. The Morgan fingerprint density at radius 3 is 2.54 bits per heavy atom. The number of aromatic nitrogens is 3. The smallest absolute Gasteiger partial charge is 0.290 e. The van der Waals surface area contributed by atoms with Gasteiger partial charge in [-0.15, -0.1) is 0 Å². The van der Waals surface area contributed by atoms with Gasteiger partial charge < -0.3 is 10.2 Å². The molecule has 1 N–H and O–H groups in total. The fourth-order valence-corrected chi connectivity index (χ4v) is 3.53. The van der Waals surface area contributed by atoms with Gasteiger partial charge in [0.2, 0.25) is 5.82 Å². The van der Waals surface area contributed by atoms with Crippen molar-refractivity contribution in [2.75, 3.05) is 13.1 Å². The summed E-state index contributed by atoms with van der Waals surface area (Å²) in [4.78, 5) is 36.3. The summed E-state index contributed by atoms with van der Waals surface area (Å²) in [5.74, 6) is -0.142. The molecule has 0 aromatic carbocycles. The van der Waals surface area contributed by atoms with Gasteiger partial charge in [-0.3, -0.25) is 19.0 Å². The molecule has 1 aliphatic heterocycles. The molecular formula is C21H23N5O2. The van der Waals surface area contributed by atoms with Crippen molar-refractivity contribution in [3.63, 3.8) is 0 Å². The van der Waals surface area contributed by atoms with Crippen molar-refractivity contribution in [1.29, 1.82) is 0 Å². The van der Waals surface area contributed by atoms with Gasteiger partial charge in [0.05, 0.1) is 17.8 Å². The Labute approximate surface area is 163 Å². The van der Waals surface area contributed by atoms with Crippen LogP contribution in [0.5, 0.6) is 0 Å². The minimum atomic E-state index is -0.315. The van der Waals surface area contributed by atoms with Crippen molar-refractivity contribution in [3.8, 4) is 0 Å². The maximum absolute atomic E-state index is 13.1. The fourth-order valence-electron chi connectivity index (χ4n) is 3.53. The molecule has 3 aromatic heterocycles. The van der Waals surface area contributed by atoms with E-state index >= 15 is 0 Å². The Morgan fingerprint density at radius 2 is 1.79 bits per heavy atom. The van der Waals surface area contributed by atoms with Gasteiger partial charge in [-0.05, 0) is 37.1 Å². The topological polar surface area (TPSA) is 79.6 Å². The lowest BCUT2D eigenvalue weighted by Gasteiger charge is -2.19. The molecule has 2 amide bonds. The van der Waals surface area contributed by atoms with Crippen molar-refractivity contribution >= 4 is 17.3 Å². The standard InChI is InChI=1S/C21H23N5O2/c27-20(23-15-16-9-3-5-11-22-16)18-17-10-4-8-14-26(17)19(24-18)21(28)25-12-6-1-2-7-13-25/h3-5,8-11,14H,1-2,6-7,12-13,15H2,(H,23,27). The molecule has 0 atom stereocenters. The molecule has 0 radical (unpaired) electrons. The summed E-state index contributed by atoms with van der Waals surface area (Å²) in [5.41, 5.74) is 1.65. The first-order chi connectivity index (χ1) is 13.7. The molecule has 0 saturated carbocycles. The third-order valence-corrected chi connectivity index (χ3v) is 5.00. The Bertz CT molecular complexity index is 975. The summed E-state index contributed by atoms with van der Waals surface area (Å²) in [7, 11) is 0. The van der Waals surface area contributed by atoms with Crippen LogP contribution in [0.4, 0.5) is 0 Å². The van der Waals surface area contributed by atoms with E-state index in [0.717, 1.165) is 44.5 Å². The summed E-state index contributed by atoms with van der Waals surface area (Å²) in [6.45, 7) is 1.78. The number of amides is 2. The van der Waals surface area contributed by atoms with Gasteiger partial charge in [0.25, 0.3) is 11.8 Å². The number of carbonyl (C=O) groups excluding carboxylic acids is 2. The highest BCUT2D eigenvalue weighted by Crippen LogP contribution is 2.17. The van der Waals surface area contributed by atoms with E-state index in [9.17, 15) is 9.59 Å². The molecule has 28 heavy (non-hydrogen) atoms. The zero-order chi connectivity index (χ0) is 19.3. The predicted molar refractivity (Wildman–Crippen MR) is 105 cm³/mol. The minimum Gasteiger partial charge on any atom is -0.345 e. The summed E-state index contributed by atoms with van der Waals surface area (Å²) in [6, 6.07) is 11.0. The average molecular weight is 377 g/mol. The highest BCUT2D eigenvalue weighted by atomic mass is 16.2. The average Bonchev–Trinajstić information content (AvgIpc) is 2.92. The molecule has 1 aliphatic rings. The number of imidazole rings is 1. The number of rotatable bonds is 4. The Hall–Kier alpha value is -3.22. The van der Waals surface area contributed by atoms with E-state index in [1.165, 1.54) is 0 Å². The van der Waals surface area contributed by atoms with Gasteiger partial charge >= 0.3 is 0 Å². The van der Waals surface area contributed by atoms with E-state index in [-0.39, 0.29) is 17.5 Å². The largest absolute Gasteiger partial charge is 0.345 e. The molecular weight excluding hydrogens is 354 g/mol. The predicted octanol–water partition coefficient (Wildman–Crippen LogP) is 2.68. The number of hydrogen-bond donors (Lipinski definition) is 1. The van der Waals surface area contributed by atoms with Gasteiger partial charge in [-0.2, -0.15) is 0 Å². The molecule has 7 nitrogen and oxygen atoms in total. The molecule has 1 fully saturated rings. The molecule has 0 bridgehead atoms. The first-order valence-corrected chi connectivity index (χ1v) is 9.68. The summed E-state index contributed by atoms with van der Waals surface area (Å²) < 4.78 is 1.71. The molecule has 144 valence electrons. The zero-order valence-electron chi connectivity index (χ0n) is 15.7. The van der Waals surface area contributed by atoms with Crippen LogP contribution < -0.4 is 5.32 Å². The van der Waals surface area contributed by atoms with E-state index in [1.807, 2.05) is 41.3 Å². The second kappa shape index (κ2) is 8.21. The van der Waals surface area contributed by atoms with Crippen molar-refractivity contribution in [1.82, 2.24) is 24.6 Å². The lowest BCUT2D eigenvalue weighted by atomic mass is 10.2. The first-order valence-electron chi connectivity index (χ1n) is 9.68. The highest BCUT2D eigenvalue weighted by molar-refractivity contribution is 6.02. The number of nitrogens with zero attached hydrogens (tertiary/aromatic N) is 4. The quantitative estimate of drug-likeness (QED) is 0.758. The summed E-state index contributed by atoms with van der Waals surface area (Å²) in [6.07, 6.45) is 7.77. The number of nitrogens with one attached hydrogen (secondary N) is 1. The van der Waals surface area contributed by atoms with Gasteiger partial charge in [0.1, 0.15) is 0 Å². The van der Waals surface area contributed by atoms with Crippen molar-refractivity contribution in [3.05, 3.63) is 66.0 Å². The van der Waals surface area contributed by atoms with Gasteiger partial charge in [-0.1, -0.05) is 25.0 Å². The van der Waals surface area contributed by atoms with Crippen molar-refractivity contribution in [2.24, 2.45) is 0 Å². The van der Waals surface area contributed by atoms with Crippen LogP contribution >= 0.6 is 0 Å². The number of likely N-dealkylation sites (tertiary alicyclic amines) is 1. The minimum absolute atomic E-state index is 0.119. The van der Waals surface area contributed by atoms with Gasteiger partial charge in [-0.25, -0.2) is 4.98 Å². The SMILES string of the molecule is O=C(NCc1ccccn1)c1nc(C(=O)N2CCCCCC2)n2ccccc12. The Morgan fingerprint density at radius 1 is 1.00 bits per heavy atom. The normalized spacial score (nSPS) is 14.6. The maximum atomic E-state index is 13.1. The summed E-state index contributed by atoms with van der Waals surface area (Å²) in [5, 5.41) is 2.85. The van der Waals surface area contributed by atoms with Crippen LogP contribution in [0.2, 0.25) is 0 Å². The van der Waals surface area contributed by atoms with Crippen LogP contribution in [0, 0.1) is 0 Å². The van der Waals surface area contributed by atoms with Crippen LogP contribution in [0.15, 0.2) is 48.8 Å². The number of pyridine rings is 2. The second-order valence-corrected chi connectivity index (χ2v) is 6.95. The van der Waals surface area contributed by atoms with Gasteiger partial charge in [0.15, 0.2) is 5.69 Å². The highest BCUT2D eigenvalue weighted by Gasteiger charge is 2.25. The molecule has 4 heterocycles. The zero-order valence-corrected chi connectivity index (χ0v) is 15.7. The molecule has 3 aromatic rings. The monoisotopic (exact) mass is 377 g/mol. The van der Waals surface area contributed by atoms with E-state index in [1.54, 1.807) is 16.8 Å². The third kappa shape index (κ3) is 3.74. The number of hydrogen-bond acceptors (Lipinski definition) is 4. The van der Waals surface area contributed by atoms with Crippen LogP contribution in [0.3, 0.4) is 0 Å².